The Labute approximate surface area is 104 Å². The minimum atomic E-state index is -0.448. The summed E-state index contributed by atoms with van der Waals surface area (Å²) >= 11 is 0. The molecule has 1 atom stereocenters. The van der Waals surface area contributed by atoms with Crippen molar-refractivity contribution in [2.75, 3.05) is 19.8 Å². The van der Waals surface area contributed by atoms with Crippen LogP contribution in [0.1, 0.15) is 40.5 Å². The summed E-state index contributed by atoms with van der Waals surface area (Å²) in [5.74, 6) is 0.0177. The van der Waals surface area contributed by atoms with E-state index in [1.54, 1.807) is 0 Å². The lowest BCUT2D eigenvalue weighted by Gasteiger charge is -2.24. The quantitative estimate of drug-likeness (QED) is 0.496. The first-order valence-electron chi connectivity index (χ1n) is 6.24. The van der Waals surface area contributed by atoms with E-state index in [-0.39, 0.29) is 11.8 Å². The van der Waals surface area contributed by atoms with Gasteiger partial charge in [-0.2, -0.15) is 0 Å². The van der Waals surface area contributed by atoms with Gasteiger partial charge in [-0.05, 0) is 12.3 Å². The molecule has 0 aromatic carbocycles. The second kappa shape index (κ2) is 8.23. The molecule has 0 spiro atoms. The average Bonchev–Trinajstić information content (AvgIpc) is 2.28. The van der Waals surface area contributed by atoms with Crippen LogP contribution in [0.15, 0.2) is 0 Å². The Balaban J connectivity index is 3.75. The highest BCUT2D eigenvalue weighted by Gasteiger charge is 2.26. The van der Waals surface area contributed by atoms with E-state index in [4.69, 9.17) is 4.74 Å². The topological polar surface area (TPSA) is 55.4 Å². The molecule has 0 aliphatic carbocycles. The molecule has 1 amide bonds. The number of amides is 1. The summed E-state index contributed by atoms with van der Waals surface area (Å²) in [7, 11) is 0. The first-order chi connectivity index (χ1) is 7.94. The van der Waals surface area contributed by atoms with Gasteiger partial charge >= 0.3 is 0 Å². The number of hydrogen-bond donors (Lipinski definition) is 1. The Morgan fingerprint density at radius 1 is 1.41 bits per heavy atom. The van der Waals surface area contributed by atoms with Crippen molar-refractivity contribution >= 4 is 12.2 Å². The minimum Gasteiger partial charge on any atom is -0.380 e. The second-order valence-electron chi connectivity index (χ2n) is 5.01. The van der Waals surface area contributed by atoms with Crippen LogP contribution < -0.4 is 5.32 Å². The van der Waals surface area contributed by atoms with Crippen LogP contribution in [0.25, 0.3) is 0 Å². The van der Waals surface area contributed by atoms with Crippen molar-refractivity contribution in [3.63, 3.8) is 0 Å². The van der Waals surface area contributed by atoms with Gasteiger partial charge in [0.2, 0.25) is 5.91 Å². The first kappa shape index (κ1) is 16.1. The SMILES string of the molecule is CCCOCCNC(=O)CC(C)C(C)(C)C=O. The fourth-order valence-electron chi connectivity index (χ4n) is 1.24. The van der Waals surface area contributed by atoms with E-state index in [9.17, 15) is 9.59 Å². The number of hydrogen-bond acceptors (Lipinski definition) is 3. The van der Waals surface area contributed by atoms with Crippen molar-refractivity contribution in [3.05, 3.63) is 0 Å². The zero-order valence-corrected chi connectivity index (χ0v) is 11.4. The van der Waals surface area contributed by atoms with Crippen LogP contribution in [0.3, 0.4) is 0 Å². The third-order valence-corrected chi connectivity index (χ3v) is 2.98. The molecule has 0 aliphatic rings. The number of aldehydes is 1. The van der Waals surface area contributed by atoms with Gasteiger partial charge in [0.05, 0.1) is 6.61 Å². The molecule has 0 aromatic heterocycles. The number of carbonyl (C=O) groups is 2. The summed E-state index contributed by atoms with van der Waals surface area (Å²) in [6, 6.07) is 0. The fraction of sp³-hybridized carbons (Fsp3) is 0.846. The minimum absolute atomic E-state index is 0.0208. The standard InChI is InChI=1S/C13H25NO3/c1-5-7-17-8-6-14-12(16)9-11(2)13(3,4)10-15/h10-11H,5-9H2,1-4H3,(H,14,16). The average molecular weight is 243 g/mol. The molecule has 0 saturated heterocycles. The molecule has 1 unspecified atom stereocenters. The lowest BCUT2D eigenvalue weighted by Crippen LogP contribution is -2.32. The molecule has 4 nitrogen and oxygen atoms in total. The Morgan fingerprint density at radius 2 is 2.06 bits per heavy atom. The van der Waals surface area contributed by atoms with E-state index in [0.717, 1.165) is 19.3 Å². The third-order valence-electron chi connectivity index (χ3n) is 2.98. The third kappa shape index (κ3) is 7.10. The highest BCUT2D eigenvalue weighted by atomic mass is 16.5. The van der Waals surface area contributed by atoms with Crippen LogP contribution in [0.2, 0.25) is 0 Å². The zero-order chi connectivity index (χ0) is 13.3. The smallest absolute Gasteiger partial charge is 0.220 e. The van der Waals surface area contributed by atoms with Crippen molar-refractivity contribution in [1.82, 2.24) is 5.32 Å². The molecule has 0 heterocycles. The molecule has 0 bridgehead atoms. The molecule has 0 radical (unpaired) electrons. The molecule has 0 aliphatic heterocycles. The molecule has 4 heteroatoms. The van der Waals surface area contributed by atoms with Crippen LogP contribution in [0.5, 0.6) is 0 Å². The van der Waals surface area contributed by atoms with E-state index >= 15 is 0 Å². The predicted molar refractivity (Wildman–Crippen MR) is 67.7 cm³/mol. The Morgan fingerprint density at radius 3 is 2.59 bits per heavy atom. The van der Waals surface area contributed by atoms with Crippen molar-refractivity contribution < 1.29 is 14.3 Å². The van der Waals surface area contributed by atoms with Crippen LogP contribution in [-0.4, -0.2) is 32.0 Å². The Bertz CT molecular complexity index is 239. The van der Waals surface area contributed by atoms with Crippen LogP contribution in [0.4, 0.5) is 0 Å². The van der Waals surface area contributed by atoms with Gasteiger partial charge in [0, 0.05) is 25.0 Å². The molecule has 100 valence electrons. The molecule has 0 fully saturated rings. The molecule has 0 rings (SSSR count). The molecule has 0 aromatic rings. The predicted octanol–water partition coefficient (Wildman–Crippen LogP) is 1.78. The zero-order valence-electron chi connectivity index (χ0n) is 11.4. The maximum Gasteiger partial charge on any atom is 0.220 e. The lowest BCUT2D eigenvalue weighted by molar-refractivity contribution is -0.124. The number of nitrogens with one attached hydrogen (secondary N) is 1. The van der Waals surface area contributed by atoms with Gasteiger partial charge in [0.15, 0.2) is 0 Å². The largest absolute Gasteiger partial charge is 0.380 e. The van der Waals surface area contributed by atoms with Crippen molar-refractivity contribution in [2.24, 2.45) is 11.3 Å². The van der Waals surface area contributed by atoms with Crippen molar-refractivity contribution in [3.8, 4) is 0 Å². The Kier molecular flexibility index (Phi) is 7.79. The second-order valence-corrected chi connectivity index (χ2v) is 5.01. The van der Waals surface area contributed by atoms with E-state index in [0.29, 0.717) is 19.6 Å². The fourth-order valence-corrected chi connectivity index (χ4v) is 1.24. The monoisotopic (exact) mass is 243 g/mol. The maximum absolute atomic E-state index is 11.6. The number of carbonyl (C=O) groups excluding carboxylic acids is 2. The van der Waals surface area contributed by atoms with Gasteiger partial charge in [0.25, 0.3) is 0 Å². The van der Waals surface area contributed by atoms with Crippen molar-refractivity contribution in [1.29, 1.82) is 0 Å². The van der Waals surface area contributed by atoms with E-state index in [1.807, 2.05) is 27.7 Å². The highest BCUT2D eigenvalue weighted by molar-refractivity contribution is 5.76. The van der Waals surface area contributed by atoms with Crippen LogP contribution in [-0.2, 0) is 14.3 Å². The summed E-state index contributed by atoms with van der Waals surface area (Å²) in [6.07, 6.45) is 2.27. The Hall–Kier alpha value is -0.900. The van der Waals surface area contributed by atoms with Crippen LogP contribution in [0, 0.1) is 11.3 Å². The van der Waals surface area contributed by atoms with Crippen LogP contribution >= 0.6 is 0 Å². The lowest BCUT2D eigenvalue weighted by atomic mass is 9.79. The number of ether oxygens (including phenoxy) is 1. The molecule has 0 saturated carbocycles. The maximum atomic E-state index is 11.6. The highest BCUT2D eigenvalue weighted by Crippen LogP contribution is 2.26. The normalized spacial score (nSPS) is 13.2. The summed E-state index contributed by atoms with van der Waals surface area (Å²) in [5, 5.41) is 2.79. The van der Waals surface area contributed by atoms with Crippen molar-refractivity contribution in [2.45, 2.75) is 40.5 Å². The van der Waals surface area contributed by atoms with Gasteiger partial charge in [-0.15, -0.1) is 0 Å². The number of rotatable bonds is 9. The summed E-state index contributed by atoms with van der Waals surface area (Å²) in [5.41, 5.74) is -0.448. The molecular formula is C13H25NO3. The first-order valence-corrected chi connectivity index (χ1v) is 6.24. The summed E-state index contributed by atoms with van der Waals surface area (Å²) in [4.78, 5) is 22.4. The van der Waals surface area contributed by atoms with E-state index in [1.165, 1.54) is 0 Å². The summed E-state index contributed by atoms with van der Waals surface area (Å²) in [6.45, 7) is 9.47. The van der Waals surface area contributed by atoms with Gasteiger partial charge in [-0.3, -0.25) is 4.79 Å². The van der Waals surface area contributed by atoms with Gasteiger partial charge in [0.1, 0.15) is 6.29 Å². The molecule has 17 heavy (non-hydrogen) atoms. The van der Waals surface area contributed by atoms with Gasteiger partial charge in [-0.1, -0.05) is 27.7 Å². The molecular weight excluding hydrogens is 218 g/mol. The summed E-state index contributed by atoms with van der Waals surface area (Å²) < 4.78 is 5.26. The van der Waals surface area contributed by atoms with E-state index < -0.39 is 5.41 Å². The van der Waals surface area contributed by atoms with Gasteiger partial charge in [-0.25, -0.2) is 0 Å². The van der Waals surface area contributed by atoms with Gasteiger partial charge < -0.3 is 14.8 Å². The van der Waals surface area contributed by atoms with E-state index in [2.05, 4.69) is 5.32 Å². The molecule has 1 N–H and O–H groups in total.